The molecular weight excluding hydrogens is 1390 g/mol. The molecule has 0 unspecified atom stereocenters. The van der Waals surface area contributed by atoms with E-state index < -0.39 is 0 Å². The zero-order valence-electron chi connectivity index (χ0n) is 54.5. The van der Waals surface area contributed by atoms with Crippen molar-refractivity contribution in [3.05, 3.63) is 124 Å². The number of nitrogens with one attached hydrogen (secondary N) is 3. The molecule has 0 aliphatic carbocycles. The van der Waals surface area contributed by atoms with Crippen molar-refractivity contribution in [3.63, 3.8) is 0 Å². The quantitative estimate of drug-likeness (QED) is 0.0324. The molecule has 0 saturated carbocycles. The van der Waals surface area contributed by atoms with Crippen molar-refractivity contribution in [1.29, 1.82) is 0 Å². The van der Waals surface area contributed by atoms with Crippen molar-refractivity contribution in [2.24, 2.45) is 0 Å². The highest BCUT2D eigenvalue weighted by molar-refractivity contribution is 7.18. The number of nitrogens with zero attached hydrogens (tertiary/aromatic N) is 13. The van der Waals surface area contributed by atoms with Gasteiger partial charge in [0.2, 0.25) is 33.8 Å². The Morgan fingerprint density at radius 2 is 0.939 bits per heavy atom. The summed E-state index contributed by atoms with van der Waals surface area (Å²) in [4.78, 5) is 40.8. The highest BCUT2D eigenvalue weighted by Crippen LogP contribution is 2.43. The maximum Gasteiger partial charge on any atom is 0.228 e. The molecule has 28 nitrogen and oxygen atoms in total. The Balaban J connectivity index is 0.000000145. The smallest absolute Gasteiger partial charge is 0.228 e. The van der Waals surface area contributed by atoms with Gasteiger partial charge in [-0.2, -0.15) is 9.97 Å². The summed E-state index contributed by atoms with van der Waals surface area (Å²) in [5, 5.41) is 34.6. The Hall–Kier alpha value is -9.44. The number of aliphatic hydroxyl groups is 2. The second-order valence-electron chi connectivity index (χ2n) is 21.0. The zero-order valence-corrected chi connectivity index (χ0v) is 59.2. The maximum atomic E-state index is 9.74. The van der Waals surface area contributed by atoms with Crippen LogP contribution in [0.2, 0.25) is 15.7 Å². The molecule has 2 aliphatic heterocycles. The Morgan fingerprint density at radius 1 is 0.510 bits per heavy atom. The van der Waals surface area contributed by atoms with Gasteiger partial charge in [-0.25, -0.2) is 34.9 Å². The van der Waals surface area contributed by atoms with E-state index >= 15 is 0 Å². The van der Waals surface area contributed by atoms with Crippen molar-refractivity contribution in [1.82, 2.24) is 63.9 Å². The standard InChI is InChI=1S/C23H26N6O4S.C18H16ClN5O3S.C12H15N3O3.C6H2Cl2N2S.C5H11NO/c1-31-17-9-15(10-18(32-2)20(17)33-3)28-11-19(24-13-28)26-22-21-16(6-8-34-21)25-23(27-22)29-7-4-5-14(29)12-30;1-25-12-6-10(7-13(26-2)15(12)27-3)24-8-14(20-9-24)22-17-16-11(4-5-28-16)21-18(19)23-17;1-16-9-4-8(15-6-11(13)14-7-15)5-10(17-2)12(9)18-3;7-5-4-3(1-2-11-4)9-6(8)10-5;7-4-5-2-1-3-6-5/h6,8-11,13-14,30H,4-5,7,12H2,1-3H3,(H,25,26,27);4-9H,1-3H3,(H,21,22,23);4-7H,13H2,1-3H3;1-2H;5-7H,1-4H2/t14-;;;;5-/m0...0/s1. The normalized spacial score (nSPS) is 13.8. The van der Waals surface area contributed by atoms with Gasteiger partial charge < -0.3 is 93.1 Å². The number of benzene rings is 3. The summed E-state index contributed by atoms with van der Waals surface area (Å²) in [6, 6.07) is 17.2. The molecule has 0 bridgehead atoms. The first-order chi connectivity index (χ1) is 47.7. The fourth-order valence-electron chi connectivity index (χ4n) is 10.4. The number of thiophene rings is 3. The van der Waals surface area contributed by atoms with Gasteiger partial charge in [-0.05, 0) is 89.8 Å². The number of aliphatic hydroxyl groups excluding tert-OH is 2. The fraction of sp³-hybridized carbons (Fsp3) is 0.297. The van der Waals surface area contributed by atoms with Gasteiger partial charge in [-0.3, -0.25) is 0 Å². The van der Waals surface area contributed by atoms with E-state index in [1.54, 1.807) is 105 Å². The molecule has 14 rings (SSSR count). The number of imidazole rings is 3. The molecule has 2 aliphatic rings. The molecule has 516 valence electrons. The third kappa shape index (κ3) is 16.7. The number of nitrogens with two attached hydrogens (primary N) is 1. The van der Waals surface area contributed by atoms with E-state index in [-0.39, 0.29) is 23.2 Å². The maximum absolute atomic E-state index is 9.74. The van der Waals surface area contributed by atoms with Crippen molar-refractivity contribution < 1.29 is 52.8 Å². The monoisotopic (exact) mass is 1450 g/mol. The topological polar surface area (TPSA) is 320 Å². The molecule has 11 heterocycles. The first-order valence-electron chi connectivity index (χ1n) is 29.9. The van der Waals surface area contributed by atoms with Crippen LogP contribution in [-0.2, 0) is 0 Å². The Morgan fingerprint density at radius 3 is 1.35 bits per heavy atom. The highest BCUT2D eigenvalue weighted by atomic mass is 35.5. The lowest BCUT2D eigenvalue weighted by Crippen LogP contribution is -2.33. The lowest BCUT2D eigenvalue weighted by atomic mass is 10.2. The van der Waals surface area contributed by atoms with E-state index in [2.05, 4.69) is 55.7 Å². The molecule has 34 heteroatoms. The van der Waals surface area contributed by atoms with Crippen LogP contribution in [0.4, 0.5) is 35.0 Å². The van der Waals surface area contributed by atoms with Gasteiger partial charge in [-0.1, -0.05) is 11.6 Å². The number of ether oxygens (including phenoxy) is 9. The number of anilines is 6. The van der Waals surface area contributed by atoms with E-state index in [1.165, 1.54) is 29.1 Å². The average Bonchev–Trinajstić information content (AvgIpc) is 1.59. The molecule has 2 atom stereocenters. The third-order valence-corrected chi connectivity index (χ3v) is 18.6. The van der Waals surface area contributed by atoms with Crippen LogP contribution < -0.4 is 69.2 Å². The molecule has 3 aromatic carbocycles. The van der Waals surface area contributed by atoms with Gasteiger partial charge in [0.1, 0.15) is 36.4 Å². The van der Waals surface area contributed by atoms with E-state index in [1.807, 2.05) is 92.3 Å². The first kappa shape index (κ1) is 71.3. The van der Waals surface area contributed by atoms with E-state index in [0.717, 1.165) is 80.1 Å². The van der Waals surface area contributed by atoms with Crippen LogP contribution in [0.15, 0.2) is 108 Å². The SMILES string of the molecule is COc1cc(-n2cnc(N)c2)cc(OC)c1OC.COc1cc(-n2cnc(Nc3nc(Cl)nc4ccsc34)c2)cc(OC)c1OC.COc1cc(-n2cnc(Nc3nc(N4CCC[C@H]4CO)nc4ccsc34)c2)cc(OC)c1OC.Clc1nc(Cl)c2sccc2n1.OC[C@@H]1CCCN1. The summed E-state index contributed by atoms with van der Waals surface area (Å²) >= 11 is 22.0. The van der Waals surface area contributed by atoms with Crippen LogP contribution in [-0.4, -0.2) is 171 Å². The summed E-state index contributed by atoms with van der Waals surface area (Å²) in [6.45, 7) is 2.31. The van der Waals surface area contributed by atoms with Gasteiger partial charge >= 0.3 is 0 Å². The van der Waals surface area contributed by atoms with Gasteiger partial charge in [0.05, 0.1) is 150 Å². The number of hydrogen-bond acceptors (Lipinski definition) is 28. The molecule has 98 heavy (non-hydrogen) atoms. The molecule has 12 aromatic rings. The summed E-state index contributed by atoms with van der Waals surface area (Å²) in [6.07, 6.45) is 14.7. The predicted octanol–water partition coefficient (Wildman–Crippen LogP) is 12.1. The second kappa shape index (κ2) is 33.7. The Kier molecular flexibility index (Phi) is 24.5. The van der Waals surface area contributed by atoms with Crippen LogP contribution in [0.25, 0.3) is 47.7 Å². The number of rotatable bonds is 19. The number of aromatic nitrogens is 12. The van der Waals surface area contributed by atoms with Crippen molar-refractivity contribution in [3.8, 4) is 68.8 Å². The summed E-state index contributed by atoms with van der Waals surface area (Å²) < 4.78 is 56.6. The molecule has 7 N–H and O–H groups in total. The largest absolute Gasteiger partial charge is 0.493 e. The number of nitrogen functional groups attached to an aromatic ring is 1. The number of methoxy groups -OCH3 is 9. The average molecular weight is 1460 g/mol. The predicted molar refractivity (Wildman–Crippen MR) is 383 cm³/mol. The van der Waals surface area contributed by atoms with E-state index in [4.69, 9.17) is 98.2 Å². The number of halogens is 3. The molecule has 0 spiro atoms. The lowest BCUT2D eigenvalue weighted by Gasteiger charge is -2.23. The second-order valence-corrected chi connectivity index (χ2v) is 24.8. The molecule has 9 aromatic heterocycles. The number of fused-ring (bicyclic) bond motifs is 3. The fourth-order valence-corrected chi connectivity index (χ4v) is 13.4. The molecule has 0 amide bonds. The van der Waals surface area contributed by atoms with Gasteiger partial charge in [0, 0.05) is 49.0 Å². The van der Waals surface area contributed by atoms with Crippen LogP contribution >= 0.6 is 68.8 Å². The van der Waals surface area contributed by atoms with Crippen molar-refractivity contribution in [2.45, 2.75) is 37.8 Å². The third-order valence-electron chi connectivity index (χ3n) is 15.1. The van der Waals surface area contributed by atoms with Crippen molar-refractivity contribution in [2.75, 3.05) is 112 Å². The van der Waals surface area contributed by atoms with Crippen molar-refractivity contribution >= 4 is 135 Å². The molecular formula is C64H70Cl3N17O11S3. The Bertz CT molecular complexity index is 4550. The summed E-state index contributed by atoms with van der Waals surface area (Å²) in [5.41, 5.74) is 10.5. The Labute approximate surface area is 589 Å². The minimum atomic E-state index is 0.0446. The van der Waals surface area contributed by atoms with Gasteiger partial charge in [0.15, 0.2) is 51.3 Å². The minimum absolute atomic E-state index is 0.0446. The van der Waals surface area contributed by atoms with Crippen LogP contribution in [0, 0.1) is 0 Å². The first-order valence-corrected chi connectivity index (χ1v) is 33.7. The van der Waals surface area contributed by atoms with Crippen LogP contribution in [0.5, 0.6) is 51.7 Å². The molecule has 0 radical (unpaired) electrons. The molecule has 2 fully saturated rings. The lowest BCUT2D eigenvalue weighted by molar-refractivity contribution is 0.255. The number of hydrogen-bond donors (Lipinski definition) is 6. The molecule has 2 saturated heterocycles. The summed E-state index contributed by atoms with van der Waals surface area (Å²) in [5.74, 6) is 8.63. The minimum Gasteiger partial charge on any atom is -0.493 e. The highest BCUT2D eigenvalue weighted by Gasteiger charge is 2.28. The zero-order chi connectivity index (χ0) is 69.4. The summed E-state index contributed by atoms with van der Waals surface area (Å²) in [7, 11) is 14.2. The van der Waals surface area contributed by atoms with Crippen LogP contribution in [0.3, 0.4) is 0 Å². The van der Waals surface area contributed by atoms with Gasteiger partial charge in [-0.15, -0.1) is 34.0 Å². The van der Waals surface area contributed by atoms with Gasteiger partial charge in [0.25, 0.3) is 0 Å². The van der Waals surface area contributed by atoms with Crippen LogP contribution in [0.1, 0.15) is 25.7 Å². The van der Waals surface area contributed by atoms with E-state index in [9.17, 15) is 5.11 Å². The van der Waals surface area contributed by atoms with E-state index in [0.29, 0.717) is 105 Å².